The highest BCUT2D eigenvalue weighted by Crippen LogP contribution is 2.29. The lowest BCUT2D eigenvalue weighted by Gasteiger charge is -2.09. The molecule has 0 aliphatic rings. The first-order chi connectivity index (χ1) is 8.45. The Morgan fingerprint density at radius 1 is 1.00 bits per heavy atom. The van der Waals surface area contributed by atoms with Gasteiger partial charge in [-0.3, -0.25) is 0 Å². The van der Waals surface area contributed by atoms with Crippen LogP contribution in [0.5, 0.6) is 0 Å². The van der Waals surface area contributed by atoms with Crippen molar-refractivity contribution in [1.82, 2.24) is 4.98 Å². The fourth-order valence-corrected chi connectivity index (χ4v) is 1.74. The number of nitrogens with zero attached hydrogens (tertiary/aromatic N) is 1. The first-order valence-electron chi connectivity index (χ1n) is 4.80. The molecule has 0 unspecified atom stereocenters. The molecule has 1 aromatic heterocycles. The highest BCUT2D eigenvalue weighted by Gasteiger charge is 2.08. The molecule has 0 aliphatic carbocycles. The van der Waals surface area contributed by atoms with Crippen molar-refractivity contribution in [2.45, 2.75) is 0 Å². The summed E-state index contributed by atoms with van der Waals surface area (Å²) >= 11 is 11.6. The molecule has 1 heterocycles. The van der Waals surface area contributed by atoms with E-state index in [1.54, 1.807) is 0 Å². The van der Waals surface area contributed by atoms with Gasteiger partial charge in [0.1, 0.15) is 17.5 Å². The molecule has 3 N–H and O–H groups in total. The molecule has 0 spiro atoms. The maximum Gasteiger partial charge on any atom is 0.151 e. The van der Waals surface area contributed by atoms with Gasteiger partial charge >= 0.3 is 0 Å². The first kappa shape index (κ1) is 12.9. The van der Waals surface area contributed by atoms with Gasteiger partial charge in [0.05, 0.1) is 10.0 Å². The second-order valence-corrected chi connectivity index (χ2v) is 4.28. The van der Waals surface area contributed by atoms with Crippen LogP contribution in [-0.2, 0) is 0 Å². The summed E-state index contributed by atoms with van der Waals surface area (Å²) in [4.78, 5) is 3.88. The number of nitrogens with two attached hydrogens (primary N) is 1. The highest BCUT2D eigenvalue weighted by molar-refractivity contribution is 6.37. The molecular formula is C11H7Cl2F2N3. The summed E-state index contributed by atoms with van der Waals surface area (Å²) in [7, 11) is 0. The van der Waals surface area contributed by atoms with Crippen LogP contribution in [0.1, 0.15) is 0 Å². The molecule has 0 fully saturated rings. The average molecular weight is 290 g/mol. The van der Waals surface area contributed by atoms with E-state index in [1.807, 2.05) is 0 Å². The van der Waals surface area contributed by atoms with E-state index in [9.17, 15) is 8.78 Å². The fourth-order valence-electron chi connectivity index (χ4n) is 1.33. The fraction of sp³-hybridized carbons (Fsp3) is 0. The molecule has 1 aromatic carbocycles. The Labute approximate surface area is 112 Å². The van der Waals surface area contributed by atoms with Gasteiger partial charge in [-0.25, -0.2) is 13.8 Å². The Bertz CT molecular complexity index is 585. The molecule has 18 heavy (non-hydrogen) atoms. The van der Waals surface area contributed by atoms with Gasteiger partial charge < -0.3 is 11.1 Å². The Kier molecular flexibility index (Phi) is 3.54. The van der Waals surface area contributed by atoms with Crippen molar-refractivity contribution in [1.29, 1.82) is 0 Å². The lowest BCUT2D eigenvalue weighted by molar-refractivity contribution is 0.584. The molecule has 0 aliphatic heterocycles. The third-order valence-electron chi connectivity index (χ3n) is 2.08. The number of halogens is 4. The minimum absolute atomic E-state index is 0.0699. The highest BCUT2D eigenvalue weighted by atomic mass is 35.5. The van der Waals surface area contributed by atoms with Gasteiger partial charge in [0.2, 0.25) is 0 Å². The topological polar surface area (TPSA) is 50.9 Å². The van der Waals surface area contributed by atoms with Crippen molar-refractivity contribution in [2.24, 2.45) is 0 Å². The van der Waals surface area contributed by atoms with Gasteiger partial charge in [-0.15, -0.1) is 0 Å². The van der Waals surface area contributed by atoms with Crippen LogP contribution in [0.25, 0.3) is 0 Å². The molecule has 94 valence electrons. The van der Waals surface area contributed by atoms with Crippen LogP contribution in [0.4, 0.5) is 26.1 Å². The Morgan fingerprint density at radius 2 is 1.61 bits per heavy atom. The number of hydrogen-bond acceptors (Lipinski definition) is 3. The largest absolute Gasteiger partial charge is 0.382 e. The van der Waals surface area contributed by atoms with Crippen LogP contribution < -0.4 is 11.1 Å². The normalized spacial score (nSPS) is 10.4. The molecule has 0 saturated heterocycles. The van der Waals surface area contributed by atoms with Crippen LogP contribution >= 0.6 is 23.2 Å². The van der Waals surface area contributed by atoms with E-state index in [0.717, 1.165) is 18.2 Å². The van der Waals surface area contributed by atoms with Crippen LogP contribution in [0, 0.1) is 11.6 Å². The van der Waals surface area contributed by atoms with Crippen molar-refractivity contribution in [3.8, 4) is 0 Å². The van der Waals surface area contributed by atoms with Crippen LogP contribution in [0.2, 0.25) is 10.0 Å². The Hall–Kier alpha value is -1.59. The Balaban J connectivity index is 2.36. The van der Waals surface area contributed by atoms with Crippen LogP contribution in [0.15, 0.2) is 24.3 Å². The average Bonchev–Trinajstić information content (AvgIpc) is 2.24. The molecular weight excluding hydrogens is 283 g/mol. The maximum atomic E-state index is 13.0. The zero-order valence-electron chi connectivity index (χ0n) is 8.85. The minimum atomic E-state index is -0.712. The number of benzene rings is 1. The van der Waals surface area contributed by atoms with Crippen molar-refractivity contribution in [3.05, 3.63) is 45.9 Å². The molecule has 0 radical (unpaired) electrons. The molecule has 0 amide bonds. The van der Waals surface area contributed by atoms with Crippen molar-refractivity contribution in [2.75, 3.05) is 11.1 Å². The van der Waals surface area contributed by atoms with Crippen LogP contribution in [-0.4, -0.2) is 4.98 Å². The number of hydrogen-bond donors (Lipinski definition) is 2. The second-order valence-electron chi connectivity index (χ2n) is 3.47. The van der Waals surface area contributed by atoms with Gasteiger partial charge in [0, 0.05) is 11.8 Å². The van der Waals surface area contributed by atoms with E-state index >= 15 is 0 Å². The summed E-state index contributed by atoms with van der Waals surface area (Å²) in [5.74, 6) is -1.19. The number of pyridine rings is 1. The standard InChI is InChI=1S/C11H7Cl2F2N3/c12-8-4-9(13)11(18-10(8)16)17-7-2-5(14)1-6(15)3-7/h1-4H,(H3,16,17,18). The number of rotatable bonds is 2. The second kappa shape index (κ2) is 4.96. The van der Waals surface area contributed by atoms with Gasteiger partial charge in [-0.05, 0) is 18.2 Å². The van der Waals surface area contributed by atoms with Crippen molar-refractivity contribution >= 4 is 40.5 Å². The van der Waals surface area contributed by atoms with Gasteiger partial charge in [-0.1, -0.05) is 23.2 Å². The summed E-state index contributed by atoms with van der Waals surface area (Å²) < 4.78 is 26.0. The minimum Gasteiger partial charge on any atom is -0.382 e. The van der Waals surface area contributed by atoms with E-state index < -0.39 is 11.6 Å². The predicted octanol–water partition coefficient (Wildman–Crippen LogP) is 3.99. The molecule has 2 aromatic rings. The maximum absolute atomic E-state index is 13.0. The van der Waals surface area contributed by atoms with Crippen molar-refractivity contribution in [3.63, 3.8) is 0 Å². The first-order valence-corrected chi connectivity index (χ1v) is 5.56. The summed E-state index contributed by atoms with van der Waals surface area (Å²) in [6.45, 7) is 0. The van der Waals surface area contributed by atoms with Gasteiger partial charge in [-0.2, -0.15) is 0 Å². The number of nitrogen functional groups attached to an aromatic ring is 1. The molecule has 0 saturated carbocycles. The molecule has 0 bridgehead atoms. The molecule has 0 atom stereocenters. The third kappa shape index (κ3) is 2.80. The van der Waals surface area contributed by atoms with E-state index in [0.29, 0.717) is 0 Å². The summed E-state index contributed by atoms with van der Waals surface area (Å²) in [5, 5.41) is 3.06. The third-order valence-corrected chi connectivity index (χ3v) is 2.67. The van der Waals surface area contributed by atoms with E-state index in [2.05, 4.69) is 10.3 Å². The smallest absolute Gasteiger partial charge is 0.151 e. The lowest BCUT2D eigenvalue weighted by Crippen LogP contribution is -1.99. The summed E-state index contributed by atoms with van der Waals surface area (Å²) in [6, 6.07) is 4.36. The SMILES string of the molecule is Nc1nc(Nc2cc(F)cc(F)c2)c(Cl)cc1Cl. The molecule has 2 rings (SSSR count). The zero-order valence-corrected chi connectivity index (χ0v) is 10.4. The van der Waals surface area contributed by atoms with Crippen molar-refractivity contribution < 1.29 is 8.78 Å². The molecule has 7 heteroatoms. The lowest BCUT2D eigenvalue weighted by atomic mass is 10.3. The Morgan fingerprint density at radius 3 is 2.22 bits per heavy atom. The molecule has 3 nitrogen and oxygen atoms in total. The van der Waals surface area contributed by atoms with E-state index in [-0.39, 0.29) is 27.4 Å². The van der Waals surface area contributed by atoms with Gasteiger partial charge in [0.25, 0.3) is 0 Å². The number of anilines is 3. The monoisotopic (exact) mass is 289 g/mol. The van der Waals surface area contributed by atoms with Crippen LogP contribution in [0.3, 0.4) is 0 Å². The summed E-state index contributed by atoms with van der Waals surface area (Å²) in [6.07, 6.45) is 0. The van der Waals surface area contributed by atoms with Gasteiger partial charge in [0.15, 0.2) is 5.82 Å². The quantitative estimate of drug-likeness (QED) is 0.879. The summed E-state index contributed by atoms with van der Waals surface area (Å²) in [5.41, 5.74) is 5.68. The van der Waals surface area contributed by atoms with E-state index in [1.165, 1.54) is 6.07 Å². The predicted molar refractivity (Wildman–Crippen MR) is 68.3 cm³/mol. The number of aromatic nitrogens is 1. The van der Waals surface area contributed by atoms with E-state index in [4.69, 9.17) is 28.9 Å². The zero-order chi connectivity index (χ0) is 13.3. The number of nitrogens with one attached hydrogen (secondary N) is 1.